The fraction of sp³-hybridized carbons (Fsp3) is 0.353. The van der Waals surface area contributed by atoms with Crippen molar-refractivity contribution in [3.8, 4) is 0 Å². The Morgan fingerprint density at radius 2 is 1.92 bits per heavy atom. The van der Waals surface area contributed by atoms with Crippen LogP contribution in [0, 0.1) is 0 Å². The molecule has 0 bridgehead atoms. The third kappa shape index (κ3) is 3.22. The molecule has 1 N–H and O–H groups in total. The molecule has 1 aliphatic rings. The van der Waals surface area contributed by atoms with Gasteiger partial charge in [0.15, 0.2) is 0 Å². The second kappa shape index (κ2) is 6.41. The lowest BCUT2D eigenvalue weighted by Crippen LogP contribution is -2.35. The zero-order valence-corrected chi connectivity index (χ0v) is 14.4. The highest BCUT2D eigenvalue weighted by molar-refractivity contribution is 7.89. The zero-order chi connectivity index (χ0) is 17.3. The number of hydrogen-bond donors (Lipinski definition) is 1. The molecule has 7 heteroatoms. The number of amides is 1. The van der Waals surface area contributed by atoms with Gasteiger partial charge in [-0.3, -0.25) is 4.79 Å². The predicted octanol–water partition coefficient (Wildman–Crippen LogP) is 2.55. The lowest BCUT2D eigenvalue weighted by Gasteiger charge is -2.28. The van der Waals surface area contributed by atoms with E-state index in [1.165, 1.54) is 19.2 Å². The molecule has 6 nitrogen and oxygen atoms in total. The van der Waals surface area contributed by atoms with Crippen molar-refractivity contribution >= 4 is 15.9 Å². The Hall–Kier alpha value is -2.12. The molecule has 0 unspecified atom stereocenters. The molecule has 2 aromatic rings. The van der Waals surface area contributed by atoms with Gasteiger partial charge >= 0.3 is 0 Å². The lowest BCUT2D eigenvalue weighted by molar-refractivity contribution is 0.0652. The van der Waals surface area contributed by atoms with Crippen molar-refractivity contribution in [2.24, 2.45) is 0 Å². The van der Waals surface area contributed by atoms with Crippen molar-refractivity contribution in [3.05, 3.63) is 54.0 Å². The van der Waals surface area contributed by atoms with Crippen LogP contribution < -0.4 is 4.72 Å². The second-order valence-electron chi connectivity index (χ2n) is 5.87. The standard InChI is InChI=1S/C17H20N2O4S/c1-12(16-4-3-11-23-16)19(14-7-8-14)17(20)13-5-9-15(10-6-13)24(21,22)18-2/h3-6,9-12,14,18H,7-8H2,1-2H3/t12-/m1/s1. The van der Waals surface area contributed by atoms with Crippen molar-refractivity contribution in [1.82, 2.24) is 9.62 Å². The lowest BCUT2D eigenvalue weighted by atomic mass is 10.1. The van der Waals surface area contributed by atoms with Gasteiger partial charge in [-0.2, -0.15) is 0 Å². The van der Waals surface area contributed by atoms with E-state index in [4.69, 9.17) is 4.42 Å². The van der Waals surface area contributed by atoms with E-state index in [2.05, 4.69) is 4.72 Å². The number of furan rings is 1. The maximum Gasteiger partial charge on any atom is 0.254 e. The zero-order valence-electron chi connectivity index (χ0n) is 13.6. The molecule has 1 aromatic heterocycles. The van der Waals surface area contributed by atoms with E-state index < -0.39 is 10.0 Å². The smallest absolute Gasteiger partial charge is 0.254 e. The first-order valence-corrected chi connectivity index (χ1v) is 9.32. The monoisotopic (exact) mass is 348 g/mol. The van der Waals surface area contributed by atoms with Crippen molar-refractivity contribution in [2.75, 3.05) is 7.05 Å². The number of sulfonamides is 1. The predicted molar refractivity (Wildman–Crippen MR) is 89.0 cm³/mol. The maximum atomic E-state index is 12.9. The first-order chi connectivity index (χ1) is 11.4. The molecule has 0 spiro atoms. The summed E-state index contributed by atoms with van der Waals surface area (Å²) in [5, 5.41) is 0. The molecule has 1 amide bonds. The molecule has 3 rings (SSSR count). The van der Waals surface area contributed by atoms with Gasteiger partial charge in [-0.25, -0.2) is 13.1 Å². The first kappa shape index (κ1) is 16.7. The molecule has 1 fully saturated rings. The topological polar surface area (TPSA) is 79.6 Å². The van der Waals surface area contributed by atoms with E-state index >= 15 is 0 Å². The number of carbonyl (C=O) groups is 1. The summed E-state index contributed by atoms with van der Waals surface area (Å²) in [7, 11) is -2.15. The maximum absolute atomic E-state index is 12.9. The van der Waals surface area contributed by atoms with Crippen LogP contribution in [0.1, 0.15) is 41.9 Å². The van der Waals surface area contributed by atoms with Gasteiger partial charge in [0.1, 0.15) is 5.76 Å². The SMILES string of the molecule is CNS(=O)(=O)c1ccc(C(=O)N(C2CC2)[C@H](C)c2ccco2)cc1. The molecular formula is C17H20N2O4S. The van der Waals surface area contributed by atoms with E-state index in [1.807, 2.05) is 17.9 Å². The summed E-state index contributed by atoms with van der Waals surface area (Å²) in [4.78, 5) is 14.9. The van der Waals surface area contributed by atoms with Crippen molar-refractivity contribution in [3.63, 3.8) is 0 Å². The summed E-state index contributed by atoms with van der Waals surface area (Å²) < 4.78 is 31.3. The third-order valence-electron chi connectivity index (χ3n) is 4.23. The minimum absolute atomic E-state index is 0.116. The Morgan fingerprint density at radius 3 is 2.42 bits per heavy atom. The van der Waals surface area contributed by atoms with Crippen LogP contribution in [-0.2, 0) is 10.0 Å². The van der Waals surface area contributed by atoms with Gasteiger partial charge in [-0.1, -0.05) is 0 Å². The van der Waals surface area contributed by atoms with Crippen LogP contribution in [0.25, 0.3) is 0 Å². The van der Waals surface area contributed by atoms with Crippen LogP contribution in [-0.4, -0.2) is 32.3 Å². The van der Waals surface area contributed by atoms with E-state index in [0.717, 1.165) is 18.6 Å². The Morgan fingerprint density at radius 1 is 1.25 bits per heavy atom. The second-order valence-corrected chi connectivity index (χ2v) is 7.75. The van der Waals surface area contributed by atoms with Crippen LogP contribution in [0.2, 0.25) is 0 Å². The number of rotatable bonds is 6. The first-order valence-electron chi connectivity index (χ1n) is 7.83. The highest BCUT2D eigenvalue weighted by Crippen LogP contribution is 2.35. The summed E-state index contributed by atoms with van der Waals surface area (Å²) in [5.41, 5.74) is 0.468. The van der Waals surface area contributed by atoms with Crippen LogP contribution >= 0.6 is 0 Å². The summed E-state index contributed by atoms with van der Waals surface area (Å²) >= 11 is 0. The van der Waals surface area contributed by atoms with Crippen molar-refractivity contribution < 1.29 is 17.6 Å². The Bertz CT molecular complexity index is 809. The molecule has 0 saturated heterocycles. The van der Waals surface area contributed by atoms with Gasteiger partial charge in [0.2, 0.25) is 10.0 Å². The number of benzene rings is 1. The van der Waals surface area contributed by atoms with Gasteiger partial charge in [0.05, 0.1) is 17.2 Å². The van der Waals surface area contributed by atoms with E-state index in [-0.39, 0.29) is 22.9 Å². The Labute approximate surface area is 141 Å². The molecule has 128 valence electrons. The fourth-order valence-corrected chi connectivity index (χ4v) is 3.45. The quantitative estimate of drug-likeness (QED) is 0.870. The molecule has 24 heavy (non-hydrogen) atoms. The van der Waals surface area contributed by atoms with E-state index in [1.54, 1.807) is 24.5 Å². The van der Waals surface area contributed by atoms with E-state index in [0.29, 0.717) is 5.56 Å². The third-order valence-corrected chi connectivity index (χ3v) is 5.66. The van der Waals surface area contributed by atoms with Crippen LogP contribution in [0.5, 0.6) is 0 Å². The van der Waals surface area contributed by atoms with Crippen LogP contribution in [0.15, 0.2) is 52.0 Å². The summed E-state index contributed by atoms with van der Waals surface area (Å²) in [6.07, 6.45) is 3.55. The Balaban J connectivity index is 1.86. The highest BCUT2D eigenvalue weighted by Gasteiger charge is 2.37. The van der Waals surface area contributed by atoms with Gasteiger partial charge < -0.3 is 9.32 Å². The summed E-state index contributed by atoms with van der Waals surface area (Å²) in [6, 6.07) is 9.70. The van der Waals surface area contributed by atoms with Gasteiger partial charge in [0, 0.05) is 11.6 Å². The molecule has 1 heterocycles. The normalized spacial score (nSPS) is 15.9. The summed E-state index contributed by atoms with van der Waals surface area (Å²) in [6.45, 7) is 1.94. The van der Waals surface area contributed by atoms with Crippen LogP contribution in [0.3, 0.4) is 0 Å². The average molecular weight is 348 g/mol. The van der Waals surface area contributed by atoms with Gasteiger partial charge in [-0.15, -0.1) is 0 Å². The summed E-state index contributed by atoms with van der Waals surface area (Å²) in [5.74, 6) is 0.624. The van der Waals surface area contributed by atoms with Crippen molar-refractivity contribution in [1.29, 1.82) is 0 Å². The highest BCUT2D eigenvalue weighted by atomic mass is 32.2. The number of nitrogens with one attached hydrogen (secondary N) is 1. The molecule has 1 aliphatic carbocycles. The molecule has 1 atom stereocenters. The molecule has 1 saturated carbocycles. The minimum atomic E-state index is -3.51. The number of nitrogens with zero attached hydrogens (tertiary/aromatic N) is 1. The molecule has 0 radical (unpaired) electrons. The Kier molecular flexibility index (Phi) is 4.47. The minimum Gasteiger partial charge on any atom is -0.467 e. The van der Waals surface area contributed by atoms with E-state index in [9.17, 15) is 13.2 Å². The molecule has 1 aromatic carbocycles. The number of carbonyl (C=O) groups excluding carboxylic acids is 1. The number of hydrogen-bond acceptors (Lipinski definition) is 4. The fourth-order valence-electron chi connectivity index (χ4n) is 2.72. The largest absolute Gasteiger partial charge is 0.467 e. The van der Waals surface area contributed by atoms with Gasteiger partial charge in [0.25, 0.3) is 5.91 Å². The average Bonchev–Trinajstić information content (AvgIpc) is 3.26. The molecular weight excluding hydrogens is 328 g/mol. The van der Waals surface area contributed by atoms with Crippen molar-refractivity contribution in [2.45, 2.75) is 36.7 Å². The van der Waals surface area contributed by atoms with Crippen LogP contribution in [0.4, 0.5) is 0 Å². The van der Waals surface area contributed by atoms with Gasteiger partial charge in [-0.05, 0) is 63.2 Å². The molecule has 0 aliphatic heterocycles.